The fourth-order valence-corrected chi connectivity index (χ4v) is 2.95. The second-order valence-corrected chi connectivity index (χ2v) is 6.25. The molecule has 1 heterocycles. The molecule has 0 saturated heterocycles. The molecule has 18 heavy (non-hydrogen) atoms. The molecule has 1 aromatic heterocycles. The van der Waals surface area contributed by atoms with Crippen LogP contribution < -0.4 is 10.5 Å². The van der Waals surface area contributed by atoms with Crippen molar-refractivity contribution in [3.05, 3.63) is 34.8 Å². The van der Waals surface area contributed by atoms with E-state index in [4.69, 9.17) is 5.73 Å². The van der Waals surface area contributed by atoms with Gasteiger partial charge >= 0.3 is 0 Å². The molecule has 1 aromatic carbocycles. The van der Waals surface area contributed by atoms with E-state index in [0.29, 0.717) is 0 Å². The van der Waals surface area contributed by atoms with Gasteiger partial charge in [-0.2, -0.15) is 0 Å². The second-order valence-electron chi connectivity index (χ2n) is 3.51. The van der Waals surface area contributed by atoms with Crippen molar-refractivity contribution in [1.82, 2.24) is 9.71 Å². The fourth-order valence-electron chi connectivity index (χ4n) is 1.28. The van der Waals surface area contributed by atoms with Gasteiger partial charge in [0, 0.05) is 17.6 Å². The summed E-state index contributed by atoms with van der Waals surface area (Å²) in [7, 11) is -3.64. The molecule has 0 fully saturated rings. The minimum absolute atomic E-state index is 0.0160. The van der Waals surface area contributed by atoms with Crippen molar-refractivity contribution >= 4 is 27.0 Å². The Kier molecular flexibility index (Phi) is 3.50. The van der Waals surface area contributed by atoms with Crippen LogP contribution in [0.1, 0.15) is 4.88 Å². The number of aromatic hydroxyl groups is 1. The van der Waals surface area contributed by atoms with Gasteiger partial charge < -0.3 is 10.8 Å². The van der Waals surface area contributed by atoms with Crippen molar-refractivity contribution in [2.24, 2.45) is 0 Å². The van der Waals surface area contributed by atoms with Crippen LogP contribution >= 0.6 is 11.3 Å². The predicted molar refractivity (Wildman–Crippen MR) is 68.7 cm³/mol. The molecule has 0 saturated carbocycles. The third kappa shape index (κ3) is 2.78. The largest absolute Gasteiger partial charge is 0.506 e. The molecule has 0 aliphatic rings. The van der Waals surface area contributed by atoms with Gasteiger partial charge in [0.25, 0.3) is 0 Å². The molecule has 0 unspecified atom stereocenters. The molecule has 0 radical (unpaired) electrons. The van der Waals surface area contributed by atoms with E-state index in [1.807, 2.05) is 0 Å². The molecule has 0 amide bonds. The molecule has 2 rings (SSSR count). The standard InChI is InChI=1S/C10H11N3O3S2/c11-9-3-8(1-2-10(9)14)18(15,16)13-5-7-4-12-6-17-7/h1-4,6,13-14H,5,11H2. The molecule has 96 valence electrons. The van der Waals surface area contributed by atoms with E-state index in [-0.39, 0.29) is 22.9 Å². The van der Waals surface area contributed by atoms with Crippen molar-refractivity contribution in [1.29, 1.82) is 0 Å². The minimum Gasteiger partial charge on any atom is -0.506 e. The van der Waals surface area contributed by atoms with Crippen LogP contribution in [0.2, 0.25) is 0 Å². The molecule has 2 aromatic rings. The number of hydrogen-bond acceptors (Lipinski definition) is 6. The molecular weight excluding hydrogens is 274 g/mol. The third-order valence-electron chi connectivity index (χ3n) is 2.23. The summed E-state index contributed by atoms with van der Waals surface area (Å²) in [5, 5.41) is 9.24. The van der Waals surface area contributed by atoms with Gasteiger partial charge in [0.05, 0.1) is 16.1 Å². The Balaban J connectivity index is 2.17. The van der Waals surface area contributed by atoms with E-state index in [1.165, 1.54) is 29.5 Å². The van der Waals surface area contributed by atoms with Gasteiger partial charge in [-0.25, -0.2) is 13.1 Å². The fraction of sp³-hybridized carbons (Fsp3) is 0.100. The van der Waals surface area contributed by atoms with Crippen molar-refractivity contribution in [3.63, 3.8) is 0 Å². The first-order chi connectivity index (χ1) is 8.49. The van der Waals surface area contributed by atoms with E-state index in [9.17, 15) is 13.5 Å². The average molecular weight is 285 g/mol. The van der Waals surface area contributed by atoms with Crippen molar-refractivity contribution < 1.29 is 13.5 Å². The number of benzene rings is 1. The van der Waals surface area contributed by atoms with Crippen LogP contribution in [-0.2, 0) is 16.6 Å². The van der Waals surface area contributed by atoms with Crippen molar-refractivity contribution in [3.8, 4) is 5.75 Å². The maximum atomic E-state index is 11.9. The first-order valence-corrected chi connectivity index (χ1v) is 7.31. The zero-order valence-corrected chi connectivity index (χ0v) is 10.8. The number of nitrogens with zero attached hydrogens (tertiary/aromatic N) is 1. The highest BCUT2D eigenvalue weighted by atomic mass is 32.2. The van der Waals surface area contributed by atoms with Gasteiger partial charge in [-0.05, 0) is 18.2 Å². The number of phenols is 1. The number of thiazole rings is 1. The molecule has 0 bridgehead atoms. The van der Waals surface area contributed by atoms with E-state index in [0.717, 1.165) is 4.88 Å². The lowest BCUT2D eigenvalue weighted by Gasteiger charge is -2.07. The second kappa shape index (κ2) is 4.92. The molecule has 6 nitrogen and oxygen atoms in total. The maximum Gasteiger partial charge on any atom is 0.240 e. The van der Waals surface area contributed by atoms with E-state index in [2.05, 4.69) is 9.71 Å². The highest BCUT2D eigenvalue weighted by molar-refractivity contribution is 7.89. The SMILES string of the molecule is Nc1cc(S(=O)(=O)NCc2cncs2)ccc1O. The number of sulfonamides is 1. The topological polar surface area (TPSA) is 105 Å². The zero-order chi connectivity index (χ0) is 13.2. The lowest BCUT2D eigenvalue weighted by molar-refractivity contribution is 0.477. The first kappa shape index (κ1) is 12.8. The Hall–Kier alpha value is -1.64. The lowest BCUT2D eigenvalue weighted by Crippen LogP contribution is -2.22. The Labute approximate surface area is 108 Å². The normalized spacial score (nSPS) is 11.6. The van der Waals surface area contributed by atoms with Crippen LogP contribution in [0.5, 0.6) is 5.75 Å². The van der Waals surface area contributed by atoms with Gasteiger partial charge in [0.1, 0.15) is 5.75 Å². The quantitative estimate of drug-likeness (QED) is 0.572. The van der Waals surface area contributed by atoms with Crippen LogP contribution in [0.15, 0.2) is 34.8 Å². The summed E-state index contributed by atoms with van der Waals surface area (Å²) < 4.78 is 26.3. The minimum atomic E-state index is -3.64. The van der Waals surface area contributed by atoms with E-state index in [1.54, 1.807) is 11.7 Å². The summed E-state index contributed by atoms with van der Waals surface area (Å²) in [5.41, 5.74) is 7.11. The third-order valence-corrected chi connectivity index (χ3v) is 4.41. The van der Waals surface area contributed by atoms with Gasteiger partial charge in [0.2, 0.25) is 10.0 Å². The number of rotatable bonds is 4. The maximum absolute atomic E-state index is 11.9. The number of phenolic OH excluding ortho intramolecular Hbond substituents is 1. The van der Waals surface area contributed by atoms with Crippen molar-refractivity contribution in [2.45, 2.75) is 11.4 Å². The molecule has 0 spiro atoms. The summed E-state index contributed by atoms with van der Waals surface area (Å²) in [6.07, 6.45) is 1.60. The number of nitrogen functional groups attached to an aromatic ring is 1. The van der Waals surface area contributed by atoms with Gasteiger partial charge in [-0.15, -0.1) is 11.3 Å². The number of nitrogens with one attached hydrogen (secondary N) is 1. The number of aromatic nitrogens is 1. The van der Waals surface area contributed by atoms with Crippen LogP contribution in [0.25, 0.3) is 0 Å². The monoisotopic (exact) mass is 285 g/mol. The van der Waals surface area contributed by atoms with Crippen LogP contribution in [-0.4, -0.2) is 18.5 Å². The number of anilines is 1. The Morgan fingerprint density at radius 2 is 2.22 bits per heavy atom. The smallest absolute Gasteiger partial charge is 0.240 e. The van der Waals surface area contributed by atoms with Crippen LogP contribution in [0.4, 0.5) is 5.69 Å². The Morgan fingerprint density at radius 1 is 1.44 bits per heavy atom. The van der Waals surface area contributed by atoms with Gasteiger partial charge in [0.15, 0.2) is 0 Å². The Bertz CT molecular complexity index is 638. The van der Waals surface area contributed by atoms with Crippen LogP contribution in [0.3, 0.4) is 0 Å². The lowest BCUT2D eigenvalue weighted by atomic mass is 10.3. The predicted octanol–water partition coefficient (Wildman–Crippen LogP) is 0.909. The molecule has 0 aliphatic heterocycles. The highest BCUT2D eigenvalue weighted by Gasteiger charge is 2.15. The summed E-state index contributed by atoms with van der Waals surface area (Å²) in [4.78, 5) is 4.68. The molecule has 4 N–H and O–H groups in total. The molecule has 8 heteroatoms. The molecule has 0 aliphatic carbocycles. The van der Waals surface area contributed by atoms with E-state index < -0.39 is 10.0 Å². The summed E-state index contributed by atoms with van der Waals surface area (Å²) in [6.45, 7) is 0.174. The van der Waals surface area contributed by atoms with Crippen molar-refractivity contribution in [2.75, 3.05) is 5.73 Å². The number of hydrogen-bond donors (Lipinski definition) is 3. The first-order valence-electron chi connectivity index (χ1n) is 4.94. The Morgan fingerprint density at radius 3 is 2.83 bits per heavy atom. The molecular formula is C10H11N3O3S2. The van der Waals surface area contributed by atoms with Crippen LogP contribution in [0, 0.1) is 0 Å². The number of nitrogens with two attached hydrogens (primary N) is 1. The van der Waals surface area contributed by atoms with E-state index >= 15 is 0 Å². The van der Waals surface area contributed by atoms with Gasteiger partial charge in [-0.3, -0.25) is 4.98 Å². The summed E-state index contributed by atoms with van der Waals surface area (Å²) >= 11 is 1.36. The summed E-state index contributed by atoms with van der Waals surface area (Å²) in [6, 6.07) is 3.75. The average Bonchev–Trinajstić information content (AvgIpc) is 2.83. The molecule has 0 atom stereocenters. The highest BCUT2D eigenvalue weighted by Crippen LogP contribution is 2.23. The van der Waals surface area contributed by atoms with Gasteiger partial charge in [-0.1, -0.05) is 0 Å². The zero-order valence-electron chi connectivity index (χ0n) is 9.20. The summed E-state index contributed by atoms with van der Waals surface area (Å²) in [5.74, 6) is -0.142.